The van der Waals surface area contributed by atoms with Gasteiger partial charge in [0, 0.05) is 11.1 Å². The summed E-state index contributed by atoms with van der Waals surface area (Å²) in [5.74, 6) is 1.41. The van der Waals surface area contributed by atoms with Gasteiger partial charge in [0.15, 0.2) is 11.2 Å². The van der Waals surface area contributed by atoms with E-state index in [4.69, 9.17) is 10.00 Å². The first kappa shape index (κ1) is 17.6. The van der Waals surface area contributed by atoms with E-state index in [1.165, 1.54) is 5.56 Å². The third kappa shape index (κ3) is 3.16. The van der Waals surface area contributed by atoms with Gasteiger partial charge in [0.05, 0.1) is 18.0 Å². The predicted octanol–water partition coefficient (Wildman–Crippen LogP) is 5.22. The number of imidazole rings is 1. The molecule has 0 aliphatic rings. The van der Waals surface area contributed by atoms with Crippen molar-refractivity contribution in [2.45, 2.75) is 6.92 Å². The van der Waals surface area contributed by atoms with E-state index in [2.05, 4.69) is 44.3 Å². The number of nitrogens with one attached hydrogen (secondary N) is 2. The molecule has 7 nitrogen and oxygen atoms in total. The molecular formula is C23H16N6O. The van der Waals surface area contributed by atoms with E-state index in [1.807, 2.05) is 30.3 Å². The van der Waals surface area contributed by atoms with E-state index in [0.717, 1.165) is 16.5 Å². The van der Waals surface area contributed by atoms with Gasteiger partial charge in [-0.1, -0.05) is 30.3 Å². The maximum Gasteiger partial charge on any atom is 0.252 e. The van der Waals surface area contributed by atoms with Crippen LogP contribution in [0.25, 0.3) is 21.9 Å². The molecule has 2 heterocycles. The summed E-state index contributed by atoms with van der Waals surface area (Å²) in [6, 6.07) is 21.2. The number of ether oxygens (including phenoxy) is 1. The Morgan fingerprint density at radius 3 is 2.57 bits per heavy atom. The van der Waals surface area contributed by atoms with Crippen LogP contribution in [0.3, 0.4) is 0 Å². The highest BCUT2D eigenvalue weighted by Crippen LogP contribution is 2.33. The number of fused-ring (bicyclic) bond motifs is 2. The maximum absolute atomic E-state index is 8.96. The summed E-state index contributed by atoms with van der Waals surface area (Å²) in [6.45, 7) is 2.07. The summed E-state index contributed by atoms with van der Waals surface area (Å²) in [7, 11) is 0. The van der Waals surface area contributed by atoms with E-state index in [1.54, 1.807) is 30.6 Å². The average molecular weight is 392 g/mol. The molecule has 7 heteroatoms. The lowest BCUT2D eigenvalue weighted by Crippen LogP contribution is -2.00. The Balaban J connectivity index is 1.55. The van der Waals surface area contributed by atoms with Crippen molar-refractivity contribution in [1.82, 2.24) is 19.9 Å². The van der Waals surface area contributed by atoms with Crippen LogP contribution in [-0.4, -0.2) is 19.9 Å². The Morgan fingerprint density at radius 1 is 0.967 bits per heavy atom. The van der Waals surface area contributed by atoms with Crippen LogP contribution < -0.4 is 10.1 Å². The molecule has 30 heavy (non-hydrogen) atoms. The van der Waals surface area contributed by atoms with Crippen molar-refractivity contribution in [3.8, 4) is 17.7 Å². The van der Waals surface area contributed by atoms with Crippen molar-refractivity contribution in [1.29, 1.82) is 5.26 Å². The van der Waals surface area contributed by atoms with Crippen molar-refractivity contribution in [2.75, 3.05) is 5.32 Å². The maximum atomic E-state index is 8.96. The Bertz CT molecular complexity index is 1420. The van der Waals surface area contributed by atoms with Crippen LogP contribution in [-0.2, 0) is 0 Å². The third-order valence-corrected chi connectivity index (χ3v) is 4.83. The minimum atomic E-state index is 0.353. The molecule has 5 aromatic rings. The second kappa shape index (κ2) is 7.18. The van der Waals surface area contributed by atoms with E-state index in [-0.39, 0.29) is 0 Å². The van der Waals surface area contributed by atoms with E-state index in [9.17, 15) is 0 Å². The molecular weight excluding hydrogens is 376 g/mol. The zero-order valence-electron chi connectivity index (χ0n) is 16.0. The Kier molecular flexibility index (Phi) is 4.23. The number of H-pyrrole nitrogens is 1. The van der Waals surface area contributed by atoms with Gasteiger partial charge in [0.25, 0.3) is 5.88 Å². The molecule has 0 radical (unpaired) electrons. The third-order valence-electron chi connectivity index (χ3n) is 4.83. The second-order valence-corrected chi connectivity index (χ2v) is 6.79. The van der Waals surface area contributed by atoms with Gasteiger partial charge in [-0.25, -0.2) is 4.98 Å². The topological polar surface area (TPSA) is 99.5 Å². The molecule has 0 saturated heterocycles. The summed E-state index contributed by atoms with van der Waals surface area (Å²) >= 11 is 0. The highest BCUT2D eigenvalue weighted by molar-refractivity contribution is 5.91. The number of anilines is 2. The van der Waals surface area contributed by atoms with Gasteiger partial charge in [-0.15, -0.1) is 0 Å². The molecule has 0 fully saturated rings. The fourth-order valence-corrected chi connectivity index (χ4v) is 3.31. The van der Waals surface area contributed by atoms with E-state index in [0.29, 0.717) is 34.3 Å². The smallest absolute Gasteiger partial charge is 0.252 e. The number of benzene rings is 3. The first-order valence-electron chi connectivity index (χ1n) is 9.36. The minimum absolute atomic E-state index is 0.353. The molecule has 144 valence electrons. The van der Waals surface area contributed by atoms with Crippen molar-refractivity contribution in [2.24, 2.45) is 0 Å². The molecule has 2 aromatic heterocycles. The molecule has 0 bridgehead atoms. The van der Waals surface area contributed by atoms with Gasteiger partial charge in [0.2, 0.25) is 5.95 Å². The normalized spacial score (nSPS) is 10.8. The number of hydrogen-bond acceptors (Lipinski definition) is 6. The summed E-state index contributed by atoms with van der Waals surface area (Å²) < 4.78 is 6.22. The van der Waals surface area contributed by atoms with E-state index < -0.39 is 0 Å². The van der Waals surface area contributed by atoms with Crippen LogP contribution in [0.5, 0.6) is 11.6 Å². The van der Waals surface area contributed by atoms with Crippen LogP contribution in [0.1, 0.15) is 11.1 Å². The second-order valence-electron chi connectivity index (χ2n) is 6.79. The van der Waals surface area contributed by atoms with Crippen molar-refractivity contribution >= 4 is 33.6 Å². The number of aromatic amines is 1. The van der Waals surface area contributed by atoms with Crippen molar-refractivity contribution in [3.63, 3.8) is 0 Å². The first-order chi connectivity index (χ1) is 14.7. The number of aromatic nitrogens is 4. The molecule has 0 amide bonds. The monoisotopic (exact) mass is 392 g/mol. The predicted molar refractivity (Wildman–Crippen MR) is 115 cm³/mol. The molecule has 0 aliphatic carbocycles. The fraction of sp³-hybridized carbons (Fsp3) is 0.0435. The average Bonchev–Trinajstić information content (AvgIpc) is 3.25. The molecule has 3 aromatic carbocycles. The highest BCUT2D eigenvalue weighted by atomic mass is 16.5. The lowest BCUT2D eigenvalue weighted by molar-refractivity contribution is 0.473. The number of nitriles is 1. The summed E-state index contributed by atoms with van der Waals surface area (Å²) in [4.78, 5) is 16.3. The molecule has 0 unspecified atom stereocenters. The number of hydrogen-bond donors (Lipinski definition) is 2. The van der Waals surface area contributed by atoms with Crippen molar-refractivity contribution in [3.05, 3.63) is 78.1 Å². The lowest BCUT2D eigenvalue weighted by Gasteiger charge is -2.12. The zero-order valence-corrected chi connectivity index (χ0v) is 16.0. The number of nitrogens with zero attached hydrogens (tertiary/aromatic N) is 4. The van der Waals surface area contributed by atoms with E-state index >= 15 is 0 Å². The molecule has 0 saturated carbocycles. The molecule has 0 spiro atoms. The van der Waals surface area contributed by atoms with Gasteiger partial charge in [-0.3, -0.25) is 0 Å². The number of rotatable bonds is 4. The van der Waals surface area contributed by atoms with Crippen LogP contribution in [0.2, 0.25) is 0 Å². The molecule has 2 N–H and O–H groups in total. The summed E-state index contributed by atoms with van der Waals surface area (Å²) in [5, 5.41) is 14.2. The van der Waals surface area contributed by atoms with Crippen LogP contribution in [0.15, 0.2) is 67.0 Å². The SMILES string of the molecule is Cc1ccc(Oc2nc(Nc3ccc(C#N)cc3)nc3[nH]cnc23)c2ccccc12. The van der Waals surface area contributed by atoms with Crippen LogP contribution in [0.4, 0.5) is 11.6 Å². The van der Waals surface area contributed by atoms with Gasteiger partial charge in [0.1, 0.15) is 5.75 Å². The quantitative estimate of drug-likeness (QED) is 0.435. The van der Waals surface area contributed by atoms with Crippen LogP contribution in [0, 0.1) is 18.3 Å². The number of aryl methyl sites for hydroxylation is 1. The largest absolute Gasteiger partial charge is 0.436 e. The van der Waals surface area contributed by atoms with Crippen molar-refractivity contribution < 1.29 is 4.74 Å². The summed E-state index contributed by atoms with van der Waals surface area (Å²) in [6.07, 6.45) is 1.56. The molecule has 5 rings (SSSR count). The van der Waals surface area contributed by atoms with Crippen LogP contribution >= 0.6 is 0 Å². The highest BCUT2D eigenvalue weighted by Gasteiger charge is 2.14. The Labute approximate surface area is 172 Å². The van der Waals surface area contributed by atoms with Gasteiger partial charge in [-0.05, 0) is 48.2 Å². The zero-order chi connectivity index (χ0) is 20.5. The fourth-order valence-electron chi connectivity index (χ4n) is 3.31. The molecule has 0 atom stereocenters. The van der Waals surface area contributed by atoms with Gasteiger partial charge < -0.3 is 15.0 Å². The van der Waals surface area contributed by atoms with Gasteiger partial charge in [-0.2, -0.15) is 15.2 Å². The lowest BCUT2D eigenvalue weighted by atomic mass is 10.1. The minimum Gasteiger partial charge on any atom is -0.436 e. The Hall–Kier alpha value is -4.44. The standard InChI is InChI=1S/C23H16N6O/c1-14-6-11-19(18-5-3-2-4-17(14)18)30-22-20-21(26-13-25-20)28-23(29-22)27-16-9-7-15(12-24)8-10-16/h2-11,13H,1H3,(H2,25,26,27,28,29). The molecule has 0 aliphatic heterocycles. The summed E-state index contributed by atoms with van der Waals surface area (Å²) in [5.41, 5.74) is 3.63. The first-order valence-corrected chi connectivity index (χ1v) is 9.36. The van der Waals surface area contributed by atoms with Gasteiger partial charge >= 0.3 is 0 Å². The Morgan fingerprint density at radius 2 is 1.77 bits per heavy atom.